The zero-order valence-electron chi connectivity index (χ0n) is 14.7. The van der Waals surface area contributed by atoms with E-state index >= 15 is 0 Å². The fourth-order valence-corrected chi connectivity index (χ4v) is 3.88. The van der Waals surface area contributed by atoms with Crippen molar-refractivity contribution in [2.24, 2.45) is 5.10 Å². The molecule has 0 saturated heterocycles. The normalized spacial score (nSPS) is 16.3. The molecule has 1 aliphatic rings. The van der Waals surface area contributed by atoms with Crippen LogP contribution in [0.25, 0.3) is 0 Å². The van der Waals surface area contributed by atoms with Crippen LogP contribution in [0.5, 0.6) is 0 Å². The van der Waals surface area contributed by atoms with Crippen molar-refractivity contribution in [3.8, 4) is 0 Å². The van der Waals surface area contributed by atoms with E-state index in [1.165, 1.54) is 12.1 Å². The van der Waals surface area contributed by atoms with Crippen molar-refractivity contribution in [3.63, 3.8) is 0 Å². The molecule has 0 spiro atoms. The molecular formula is C21H18ClN2NaO3S. The Morgan fingerprint density at radius 3 is 2.14 bits per heavy atom. The summed E-state index contributed by atoms with van der Waals surface area (Å²) in [6, 6.07) is 23.6. The monoisotopic (exact) mass is 436 g/mol. The van der Waals surface area contributed by atoms with Crippen molar-refractivity contribution in [1.29, 1.82) is 0 Å². The van der Waals surface area contributed by atoms with Crippen molar-refractivity contribution in [2.45, 2.75) is 17.4 Å². The van der Waals surface area contributed by atoms with Crippen LogP contribution >= 0.6 is 11.6 Å². The van der Waals surface area contributed by atoms with Gasteiger partial charge < -0.3 is 0 Å². The van der Waals surface area contributed by atoms with E-state index in [4.69, 9.17) is 16.7 Å². The number of hydrogen-bond donors (Lipinski definition) is 1. The number of rotatable bonds is 4. The molecule has 3 aromatic rings. The Hall–Kier alpha value is -1.67. The second kappa shape index (κ2) is 9.00. The van der Waals surface area contributed by atoms with E-state index in [2.05, 4.69) is 0 Å². The SMILES string of the molecule is O=S(=O)(O)c1ccc(N2N=C(c3ccc(Cl)cc3)CC2c2ccccc2)cc1.[NaH]. The first kappa shape index (κ1) is 22.0. The molecule has 29 heavy (non-hydrogen) atoms. The fraction of sp³-hybridized carbons (Fsp3) is 0.0952. The van der Waals surface area contributed by atoms with Crippen molar-refractivity contribution in [3.05, 3.63) is 95.0 Å². The minimum absolute atomic E-state index is 0. The molecular weight excluding hydrogens is 419 g/mol. The summed E-state index contributed by atoms with van der Waals surface area (Å²) < 4.78 is 31.8. The average molecular weight is 437 g/mol. The predicted octanol–water partition coefficient (Wildman–Crippen LogP) is 4.29. The summed E-state index contributed by atoms with van der Waals surface area (Å²) in [6.07, 6.45) is 0.700. The quantitative estimate of drug-likeness (QED) is 0.489. The molecule has 8 heteroatoms. The molecule has 0 bridgehead atoms. The van der Waals surface area contributed by atoms with Gasteiger partial charge in [-0.25, -0.2) is 0 Å². The summed E-state index contributed by atoms with van der Waals surface area (Å²) in [5, 5.41) is 7.35. The summed E-state index contributed by atoms with van der Waals surface area (Å²) in [5.41, 5.74) is 3.76. The van der Waals surface area contributed by atoms with Gasteiger partial charge in [-0.05, 0) is 47.5 Å². The molecule has 0 fully saturated rings. The summed E-state index contributed by atoms with van der Waals surface area (Å²) in [7, 11) is -4.23. The van der Waals surface area contributed by atoms with Crippen molar-refractivity contribution in [2.75, 3.05) is 5.01 Å². The number of hydrogen-bond acceptors (Lipinski definition) is 4. The molecule has 1 unspecified atom stereocenters. The van der Waals surface area contributed by atoms with E-state index < -0.39 is 10.1 Å². The zero-order valence-corrected chi connectivity index (χ0v) is 16.3. The van der Waals surface area contributed by atoms with Gasteiger partial charge in [0.15, 0.2) is 0 Å². The van der Waals surface area contributed by atoms with Crippen LogP contribution in [0.4, 0.5) is 5.69 Å². The third-order valence-corrected chi connectivity index (χ3v) is 5.79. The van der Waals surface area contributed by atoms with Crippen LogP contribution in [-0.2, 0) is 10.1 Å². The summed E-state index contributed by atoms with van der Waals surface area (Å²) in [5.74, 6) is 0. The van der Waals surface area contributed by atoms with Crippen LogP contribution in [0.15, 0.2) is 88.9 Å². The maximum atomic E-state index is 11.3. The van der Waals surface area contributed by atoms with Gasteiger partial charge in [-0.1, -0.05) is 54.1 Å². The first-order valence-corrected chi connectivity index (χ1v) is 10.5. The standard InChI is InChI=1S/C21H17ClN2O3S.Na.H/c22-17-8-6-15(7-9-17)20-14-21(16-4-2-1-3-5-16)24(23-20)18-10-12-19(13-11-18)28(25,26)27;;/h1-13,21H,14H2,(H,25,26,27);;. The number of anilines is 1. The average Bonchev–Trinajstić information content (AvgIpc) is 3.14. The van der Waals surface area contributed by atoms with Gasteiger partial charge in [-0.3, -0.25) is 9.56 Å². The second-order valence-electron chi connectivity index (χ2n) is 6.50. The third-order valence-electron chi connectivity index (χ3n) is 4.67. The first-order valence-electron chi connectivity index (χ1n) is 8.67. The number of benzene rings is 3. The van der Waals surface area contributed by atoms with Crippen LogP contribution in [0.3, 0.4) is 0 Å². The van der Waals surface area contributed by atoms with Gasteiger partial charge in [-0.2, -0.15) is 13.5 Å². The van der Waals surface area contributed by atoms with Crippen molar-refractivity contribution in [1.82, 2.24) is 0 Å². The molecule has 0 amide bonds. The number of hydrazone groups is 1. The van der Waals surface area contributed by atoms with Crippen LogP contribution < -0.4 is 5.01 Å². The van der Waals surface area contributed by atoms with Gasteiger partial charge in [0.05, 0.1) is 22.3 Å². The van der Waals surface area contributed by atoms with Gasteiger partial charge in [0.2, 0.25) is 0 Å². The van der Waals surface area contributed by atoms with Crippen LogP contribution in [0.2, 0.25) is 5.02 Å². The van der Waals surface area contributed by atoms with E-state index in [0.717, 1.165) is 22.5 Å². The summed E-state index contributed by atoms with van der Waals surface area (Å²) in [6.45, 7) is 0. The summed E-state index contributed by atoms with van der Waals surface area (Å²) in [4.78, 5) is -0.145. The van der Waals surface area contributed by atoms with Gasteiger partial charge in [0.25, 0.3) is 10.1 Å². The van der Waals surface area contributed by atoms with Crippen LogP contribution in [-0.4, -0.2) is 48.2 Å². The molecule has 4 rings (SSSR count). The fourth-order valence-electron chi connectivity index (χ4n) is 3.27. The molecule has 1 atom stereocenters. The van der Waals surface area contributed by atoms with Crippen molar-refractivity contribution < 1.29 is 13.0 Å². The Labute approximate surface area is 197 Å². The van der Waals surface area contributed by atoms with E-state index in [9.17, 15) is 13.0 Å². The molecule has 1 N–H and O–H groups in total. The molecule has 1 aliphatic heterocycles. The molecule has 0 saturated carbocycles. The van der Waals surface area contributed by atoms with E-state index in [1.54, 1.807) is 12.1 Å². The molecule has 0 aromatic heterocycles. The molecule has 1 heterocycles. The molecule has 0 radical (unpaired) electrons. The predicted molar refractivity (Wildman–Crippen MR) is 118 cm³/mol. The topological polar surface area (TPSA) is 70.0 Å². The van der Waals surface area contributed by atoms with Gasteiger partial charge in [-0.15, -0.1) is 0 Å². The molecule has 3 aromatic carbocycles. The molecule has 0 aliphatic carbocycles. The van der Waals surface area contributed by atoms with E-state index in [0.29, 0.717) is 11.4 Å². The number of nitrogens with zero attached hydrogens (tertiary/aromatic N) is 2. The Balaban J connectivity index is 0.00000240. The van der Waals surface area contributed by atoms with Gasteiger partial charge >= 0.3 is 29.6 Å². The molecule has 144 valence electrons. The Morgan fingerprint density at radius 2 is 1.55 bits per heavy atom. The van der Waals surface area contributed by atoms with Crippen molar-refractivity contribution >= 4 is 62.7 Å². The summed E-state index contributed by atoms with van der Waals surface area (Å²) >= 11 is 6.00. The first-order chi connectivity index (χ1) is 13.4. The Morgan fingerprint density at radius 1 is 0.931 bits per heavy atom. The van der Waals surface area contributed by atoms with Gasteiger partial charge in [0.1, 0.15) is 0 Å². The minimum atomic E-state index is -4.23. The Bertz CT molecular complexity index is 1120. The Kier molecular flexibility index (Phi) is 6.83. The molecule has 5 nitrogen and oxygen atoms in total. The second-order valence-corrected chi connectivity index (χ2v) is 8.36. The maximum absolute atomic E-state index is 11.3. The third kappa shape index (κ3) is 4.91. The zero-order chi connectivity index (χ0) is 19.7. The van der Waals surface area contributed by atoms with Crippen LogP contribution in [0.1, 0.15) is 23.6 Å². The number of halogens is 1. The van der Waals surface area contributed by atoms with Crippen LogP contribution in [0, 0.1) is 0 Å². The van der Waals surface area contributed by atoms with E-state index in [1.807, 2.05) is 59.6 Å². The van der Waals surface area contributed by atoms with E-state index in [-0.39, 0.29) is 40.5 Å². The van der Waals surface area contributed by atoms with Gasteiger partial charge in [0, 0.05) is 11.4 Å².